The summed E-state index contributed by atoms with van der Waals surface area (Å²) in [6, 6.07) is 9.37. The van der Waals surface area contributed by atoms with Crippen LogP contribution in [0.15, 0.2) is 30.3 Å². The van der Waals surface area contributed by atoms with Gasteiger partial charge in [0.2, 0.25) is 5.37 Å². The second-order valence-corrected chi connectivity index (χ2v) is 4.40. The van der Waals surface area contributed by atoms with Crippen molar-refractivity contribution in [2.45, 2.75) is 5.37 Å². The van der Waals surface area contributed by atoms with Gasteiger partial charge in [0.1, 0.15) is 0 Å². The summed E-state index contributed by atoms with van der Waals surface area (Å²) in [5.74, 6) is -0.00767. The lowest BCUT2D eigenvalue weighted by atomic mass is 10.2. The van der Waals surface area contributed by atoms with Gasteiger partial charge in [0.15, 0.2) is 5.75 Å². The Morgan fingerprint density at radius 2 is 2.08 bits per heavy atom. The molecule has 1 N–H and O–H groups in total. The zero-order chi connectivity index (χ0) is 9.26. The highest BCUT2D eigenvalue weighted by Crippen LogP contribution is 2.24. The number of hydrogen-bond donors (Lipinski definition) is 1. The number of rotatable bonds is 1. The Morgan fingerprint density at radius 3 is 2.62 bits per heavy atom. The van der Waals surface area contributed by atoms with Crippen molar-refractivity contribution >= 4 is 17.1 Å². The summed E-state index contributed by atoms with van der Waals surface area (Å²) in [4.78, 5) is 10.9. The number of carbonyl (C=O) groups is 1. The van der Waals surface area contributed by atoms with Gasteiger partial charge in [0.05, 0.1) is 0 Å². The van der Waals surface area contributed by atoms with Gasteiger partial charge in [-0.2, -0.15) is 0 Å². The molecule has 1 aliphatic rings. The summed E-state index contributed by atoms with van der Waals surface area (Å²) in [6.45, 7) is 0. The topological polar surface area (TPSA) is 52.2 Å². The van der Waals surface area contributed by atoms with Gasteiger partial charge in [-0.05, 0) is 11.2 Å². The van der Waals surface area contributed by atoms with E-state index in [0.717, 1.165) is 5.56 Å². The van der Waals surface area contributed by atoms with E-state index in [1.165, 1.54) is 0 Å². The molecule has 4 heteroatoms. The highest BCUT2D eigenvalue weighted by molar-refractivity contribution is 7.92. The molecule has 1 aliphatic heterocycles. The van der Waals surface area contributed by atoms with Gasteiger partial charge in [-0.3, -0.25) is 4.79 Å². The first-order valence-corrected chi connectivity index (χ1v) is 5.37. The number of amides is 1. The van der Waals surface area contributed by atoms with Crippen LogP contribution in [0.5, 0.6) is 0 Å². The first-order chi connectivity index (χ1) is 6.27. The van der Waals surface area contributed by atoms with Crippen molar-refractivity contribution in [2.75, 3.05) is 5.75 Å². The van der Waals surface area contributed by atoms with Crippen molar-refractivity contribution in [3.63, 3.8) is 0 Å². The molecule has 2 atom stereocenters. The average molecular weight is 195 g/mol. The number of benzene rings is 1. The molecule has 68 valence electrons. The Balaban J connectivity index is 2.23. The van der Waals surface area contributed by atoms with Crippen LogP contribution in [0.25, 0.3) is 0 Å². The highest BCUT2D eigenvalue weighted by atomic mass is 32.2. The van der Waals surface area contributed by atoms with Crippen LogP contribution < -0.4 is 5.32 Å². The Morgan fingerprint density at radius 1 is 1.38 bits per heavy atom. The standard InChI is InChI=1S/C9H9NO2S/c11-8-6-13(12)9(10-8)7-4-2-1-3-5-7/h1-5,9H,6H2,(H,10,11). The van der Waals surface area contributed by atoms with Crippen molar-refractivity contribution in [2.24, 2.45) is 0 Å². The fourth-order valence-corrected chi connectivity index (χ4v) is 2.56. The highest BCUT2D eigenvalue weighted by Gasteiger charge is 2.35. The summed E-state index contributed by atoms with van der Waals surface area (Å²) in [7, 11) is 0. The maximum absolute atomic E-state index is 11.4. The summed E-state index contributed by atoms with van der Waals surface area (Å²) >= 11 is -1.10. The van der Waals surface area contributed by atoms with Crippen LogP contribution in [0.1, 0.15) is 10.9 Å². The molecule has 2 rings (SSSR count). The largest absolute Gasteiger partial charge is 0.614 e. The van der Waals surface area contributed by atoms with Gasteiger partial charge >= 0.3 is 0 Å². The quantitative estimate of drug-likeness (QED) is 0.666. The minimum absolute atomic E-state index is 0.125. The van der Waals surface area contributed by atoms with E-state index in [9.17, 15) is 9.35 Å². The van der Waals surface area contributed by atoms with Crippen LogP contribution >= 0.6 is 0 Å². The molecule has 2 unspecified atom stereocenters. The Bertz CT molecular complexity index is 315. The average Bonchev–Trinajstić information content (AvgIpc) is 2.47. The molecular weight excluding hydrogens is 186 g/mol. The molecule has 0 bridgehead atoms. The smallest absolute Gasteiger partial charge is 0.274 e. The van der Waals surface area contributed by atoms with Crippen molar-refractivity contribution in [1.29, 1.82) is 0 Å². The molecule has 0 spiro atoms. The number of carbonyl (C=O) groups excluding carboxylic acids is 1. The molecule has 0 radical (unpaired) electrons. The molecule has 13 heavy (non-hydrogen) atoms. The lowest BCUT2D eigenvalue weighted by molar-refractivity contribution is -0.118. The zero-order valence-electron chi connectivity index (χ0n) is 6.90. The first-order valence-electron chi connectivity index (χ1n) is 3.99. The van der Waals surface area contributed by atoms with Crippen molar-refractivity contribution in [3.8, 4) is 0 Å². The SMILES string of the molecule is O=C1C[S+]([O-])C(c2ccccc2)N1. The van der Waals surface area contributed by atoms with Crippen LogP contribution in [0.3, 0.4) is 0 Å². The molecule has 0 aliphatic carbocycles. The third kappa shape index (κ3) is 1.68. The van der Waals surface area contributed by atoms with Gasteiger partial charge in [-0.25, -0.2) is 0 Å². The van der Waals surface area contributed by atoms with Gasteiger partial charge in [0, 0.05) is 5.56 Å². The second kappa shape index (κ2) is 3.40. The molecule has 1 heterocycles. The van der Waals surface area contributed by atoms with Crippen molar-refractivity contribution < 1.29 is 9.35 Å². The van der Waals surface area contributed by atoms with E-state index < -0.39 is 11.2 Å². The minimum Gasteiger partial charge on any atom is -0.614 e. The predicted octanol–water partition coefficient (Wildman–Crippen LogP) is 0.564. The maximum atomic E-state index is 11.4. The van der Waals surface area contributed by atoms with Crippen LogP contribution in [-0.2, 0) is 16.0 Å². The fraction of sp³-hybridized carbons (Fsp3) is 0.222. The number of nitrogens with one attached hydrogen (secondary N) is 1. The summed E-state index contributed by atoms with van der Waals surface area (Å²) < 4.78 is 11.4. The maximum Gasteiger partial charge on any atom is 0.274 e. The minimum atomic E-state index is -1.10. The van der Waals surface area contributed by atoms with E-state index in [0.29, 0.717) is 0 Å². The summed E-state index contributed by atoms with van der Waals surface area (Å²) in [5, 5.41) is 2.37. The summed E-state index contributed by atoms with van der Waals surface area (Å²) in [5.41, 5.74) is 0.909. The third-order valence-corrected chi connectivity index (χ3v) is 3.39. The van der Waals surface area contributed by atoms with E-state index in [-0.39, 0.29) is 17.0 Å². The van der Waals surface area contributed by atoms with E-state index in [2.05, 4.69) is 5.32 Å². The Kier molecular flexibility index (Phi) is 2.24. The molecule has 3 nitrogen and oxygen atoms in total. The van der Waals surface area contributed by atoms with Crippen LogP contribution in [0, 0.1) is 0 Å². The first kappa shape index (κ1) is 8.59. The lowest BCUT2D eigenvalue weighted by Crippen LogP contribution is -2.20. The van der Waals surface area contributed by atoms with E-state index in [1.54, 1.807) is 0 Å². The van der Waals surface area contributed by atoms with Crippen LogP contribution in [-0.4, -0.2) is 16.2 Å². The van der Waals surface area contributed by atoms with E-state index in [1.807, 2.05) is 30.3 Å². The van der Waals surface area contributed by atoms with E-state index >= 15 is 0 Å². The van der Waals surface area contributed by atoms with Gasteiger partial charge in [-0.15, -0.1) is 0 Å². The van der Waals surface area contributed by atoms with E-state index in [4.69, 9.17) is 0 Å². The zero-order valence-corrected chi connectivity index (χ0v) is 7.71. The fourth-order valence-electron chi connectivity index (χ4n) is 1.33. The predicted molar refractivity (Wildman–Crippen MR) is 50.3 cm³/mol. The van der Waals surface area contributed by atoms with Crippen molar-refractivity contribution in [1.82, 2.24) is 5.32 Å². The molecule has 0 saturated carbocycles. The monoisotopic (exact) mass is 195 g/mol. The molecule has 1 fully saturated rings. The Labute approximate surface area is 79.3 Å². The molecule has 1 amide bonds. The molecule has 0 aromatic heterocycles. The molecule has 1 aromatic rings. The van der Waals surface area contributed by atoms with Crippen LogP contribution in [0.4, 0.5) is 0 Å². The second-order valence-electron chi connectivity index (χ2n) is 2.88. The van der Waals surface area contributed by atoms with Gasteiger partial charge in [0.25, 0.3) is 5.91 Å². The van der Waals surface area contributed by atoms with Crippen molar-refractivity contribution in [3.05, 3.63) is 35.9 Å². The molecule has 1 saturated heterocycles. The van der Waals surface area contributed by atoms with Crippen LogP contribution in [0.2, 0.25) is 0 Å². The third-order valence-electron chi connectivity index (χ3n) is 1.93. The summed E-state index contributed by atoms with van der Waals surface area (Å²) in [6.07, 6.45) is 0. The normalized spacial score (nSPS) is 27.3. The van der Waals surface area contributed by atoms with Gasteiger partial charge in [-0.1, -0.05) is 30.3 Å². The lowest BCUT2D eigenvalue weighted by Gasteiger charge is -2.12. The number of hydrogen-bond acceptors (Lipinski definition) is 2. The Hall–Kier alpha value is -1.00. The molecular formula is C9H9NO2S. The molecule has 1 aromatic carbocycles. The van der Waals surface area contributed by atoms with Gasteiger partial charge < -0.3 is 9.87 Å².